The number of para-hydroxylation sites is 1. The highest BCUT2D eigenvalue weighted by Crippen LogP contribution is 2.44. The van der Waals surface area contributed by atoms with Crippen LogP contribution in [0.5, 0.6) is 0 Å². The molecule has 0 bridgehead atoms. The fourth-order valence-electron chi connectivity index (χ4n) is 6.46. The van der Waals surface area contributed by atoms with Crippen LogP contribution in [0.4, 0.5) is 10.5 Å². The van der Waals surface area contributed by atoms with Crippen molar-refractivity contribution in [3.63, 3.8) is 0 Å². The molecule has 230 valence electrons. The Morgan fingerprint density at radius 2 is 1.30 bits per heavy atom. The van der Waals surface area contributed by atoms with E-state index in [1.54, 1.807) is 5.06 Å². The topological polar surface area (TPSA) is 79.9 Å². The number of fused-ring (bicyclic) bond motifs is 3. The number of nitrogens with zero attached hydrogens (tertiary/aromatic N) is 1. The Morgan fingerprint density at radius 1 is 0.739 bits per heavy atom. The van der Waals surface area contributed by atoms with Crippen LogP contribution in [0.2, 0.25) is 0 Å². The van der Waals surface area contributed by atoms with Gasteiger partial charge in [0.1, 0.15) is 24.9 Å². The number of ether oxygens (including phenoxy) is 1. The molecule has 7 nitrogen and oxygen atoms in total. The first kappa shape index (κ1) is 29.3. The van der Waals surface area contributed by atoms with Crippen LogP contribution in [0.25, 0.3) is 11.1 Å². The Kier molecular flexibility index (Phi) is 8.48. The second kappa shape index (κ2) is 13.3. The molecule has 2 N–H and O–H groups in total. The molecule has 0 spiro atoms. The summed E-state index contributed by atoms with van der Waals surface area (Å²) < 4.78 is 5.83. The van der Waals surface area contributed by atoms with Gasteiger partial charge in [0.2, 0.25) is 5.91 Å². The van der Waals surface area contributed by atoms with Crippen molar-refractivity contribution in [3.05, 3.63) is 162 Å². The number of carbonyl (C=O) groups excluding carboxylic acids is 2. The van der Waals surface area contributed by atoms with E-state index in [1.807, 2.05) is 115 Å². The van der Waals surface area contributed by atoms with E-state index in [9.17, 15) is 9.59 Å². The van der Waals surface area contributed by atoms with Crippen LogP contribution in [0.15, 0.2) is 140 Å². The summed E-state index contributed by atoms with van der Waals surface area (Å²) in [7, 11) is 0. The average Bonchev–Trinajstić information content (AvgIpc) is 3.67. The van der Waals surface area contributed by atoms with Gasteiger partial charge in [-0.15, -0.1) is 0 Å². The zero-order valence-electron chi connectivity index (χ0n) is 25.3. The van der Waals surface area contributed by atoms with Gasteiger partial charge in [0.25, 0.3) is 0 Å². The maximum absolute atomic E-state index is 14.0. The maximum Gasteiger partial charge on any atom is 0.407 e. The van der Waals surface area contributed by atoms with Crippen molar-refractivity contribution >= 4 is 17.7 Å². The lowest BCUT2D eigenvalue weighted by molar-refractivity contribution is -0.123. The van der Waals surface area contributed by atoms with E-state index in [-0.39, 0.29) is 24.5 Å². The first-order valence-corrected chi connectivity index (χ1v) is 15.7. The number of benzene rings is 5. The van der Waals surface area contributed by atoms with E-state index >= 15 is 0 Å². The van der Waals surface area contributed by atoms with E-state index < -0.39 is 18.3 Å². The lowest BCUT2D eigenvalue weighted by atomic mass is 9.98. The molecule has 0 aromatic heterocycles. The summed E-state index contributed by atoms with van der Waals surface area (Å²) in [5.74, 6) is -0.398. The van der Waals surface area contributed by atoms with Crippen molar-refractivity contribution < 1.29 is 19.2 Å². The van der Waals surface area contributed by atoms with Crippen molar-refractivity contribution in [2.45, 2.75) is 37.1 Å². The zero-order valence-corrected chi connectivity index (χ0v) is 25.3. The van der Waals surface area contributed by atoms with E-state index in [0.29, 0.717) is 12.8 Å². The molecule has 2 aliphatic rings. The highest BCUT2D eigenvalue weighted by molar-refractivity contribution is 5.86. The minimum Gasteiger partial charge on any atom is -0.449 e. The van der Waals surface area contributed by atoms with Crippen LogP contribution in [0, 0.1) is 0 Å². The van der Waals surface area contributed by atoms with Gasteiger partial charge in [-0.05, 0) is 45.5 Å². The SMILES string of the molecule is O=C(N[C@@H](Cc1ccccc1)C(=O)N[C@@H]1C[C@H](c2ccccc2)ON1c1ccccc1)OCC1c2ccccc2-c2ccccc21. The van der Waals surface area contributed by atoms with E-state index in [2.05, 4.69) is 34.9 Å². The minimum absolute atomic E-state index is 0.0791. The molecule has 0 unspecified atom stereocenters. The van der Waals surface area contributed by atoms with Crippen LogP contribution in [-0.4, -0.2) is 30.8 Å². The van der Waals surface area contributed by atoms with Crippen LogP contribution in [0.1, 0.15) is 40.7 Å². The van der Waals surface area contributed by atoms with Gasteiger partial charge in [0, 0.05) is 18.8 Å². The van der Waals surface area contributed by atoms with Gasteiger partial charge in [-0.25, -0.2) is 9.86 Å². The van der Waals surface area contributed by atoms with Gasteiger partial charge < -0.3 is 15.4 Å². The number of hydrogen-bond acceptors (Lipinski definition) is 5. The molecule has 2 amide bonds. The van der Waals surface area contributed by atoms with Crippen molar-refractivity contribution in [3.8, 4) is 11.1 Å². The summed E-state index contributed by atoms with van der Waals surface area (Å²) in [6.07, 6.45) is -0.495. The third-order valence-electron chi connectivity index (χ3n) is 8.69. The standard InChI is InChI=1S/C39H35N3O4/c43-38(41-37-25-36(28-16-6-2-7-17-28)46-42(37)29-18-8-3-9-19-29)35(24-27-14-4-1-5-15-27)40-39(44)45-26-34-32-22-12-10-20-30(32)31-21-11-13-23-33(31)34/h1-23,34-37H,24-26H2,(H,40,44)(H,41,43)/t35-,36+,37-/m0/s1. The Hall–Kier alpha value is -5.40. The molecule has 1 aliphatic carbocycles. The fourth-order valence-corrected chi connectivity index (χ4v) is 6.46. The molecule has 7 heteroatoms. The molecule has 3 atom stereocenters. The first-order valence-electron chi connectivity index (χ1n) is 15.7. The molecule has 46 heavy (non-hydrogen) atoms. The molecule has 0 radical (unpaired) electrons. The number of carbonyl (C=O) groups is 2. The van der Waals surface area contributed by atoms with Crippen molar-refractivity contribution in [1.29, 1.82) is 0 Å². The summed E-state index contributed by atoms with van der Waals surface area (Å²) >= 11 is 0. The Labute approximate surface area is 268 Å². The first-order chi connectivity index (χ1) is 22.6. The van der Waals surface area contributed by atoms with Crippen LogP contribution in [0.3, 0.4) is 0 Å². The summed E-state index contributed by atoms with van der Waals surface area (Å²) in [6, 6.07) is 44.9. The van der Waals surface area contributed by atoms with Crippen LogP contribution in [-0.2, 0) is 20.8 Å². The van der Waals surface area contributed by atoms with Crippen molar-refractivity contribution in [1.82, 2.24) is 10.6 Å². The van der Waals surface area contributed by atoms with Crippen LogP contribution < -0.4 is 15.7 Å². The molecule has 1 fully saturated rings. The Balaban J connectivity index is 1.08. The monoisotopic (exact) mass is 609 g/mol. The summed E-state index contributed by atoms with van der Waals surface area (Å²) in [6.45, 7) is 0.163. The molecule has 1 saturated heterocycles. The van der Waals surface area contributed by atoms with E-state index in [0.717, 1.165) is 39.1 Å². The van der Waals surface area contributed by atoms with Gasteiger partial charge >= 0.3 is 6.09 Å². The largest absolute Gasteiger partial charge is 0.449 e. The van der Waals surface area contributed by atoms with Gasteiger partial charge in [0.05, 0.1) is 5.69 Å². The van der Waals surface area contributed by atoms with Gasteiger partial charge in [-0.3, -0.25) is 9.63 Å². The molecule has 7 rings (SSSR count). The number of anilines is 1. The molecular weight excluding hydrogens is 574 g/mol. The van der Waals surface area contributed by atoms with Crippen LogP contribution >= 0.6 is 0 Å². The van der Waals surface area contributed by atoms with Crippen molar-refractivity contribution in [2.24, 2.45) is 0 Å². The quantitative estimate of drug-likeness (QED) is 0.185. The number of alkyl carbamates (subject to hydrolysis) is 1. The van der Waals surface area contributed by atoms with E-state index in [4.69, 9.17) is 9.57 Å². The number of nitrogens with one attached hydrogen (secondary N) is 2. The van der Waals surface area contributed by atoms with Gasteiger partial charge in [-0.2, -0.15) is 0 Å². The van der Waals surface area contributed by atoms with Crippen molar-refractivity contribution in [2.75, 3.05) is 11.7 Å². The summed E-state index contributed by atoms with van der Waals surface area (Å²) in [4.78, 5) is 33.7. The predicted molar refractivity (Wildman–Crippen MR) is 178 cm³/mol. The zero-order chi connectivity index (χ0) is 31.3. The lowest BCUT2D eigenvalue weighted by Crippen LogP contribution is -2.53. The Bertz CT molecular complexity index is 1750. The fraction of sp³-hybridized carbons (Fsp3) is 0.179. The lowest BCUT2D eigenvalue weighted by Gasteiger charge is -2.27. The normalized spacial score (nSPS) is 17.5. The Morgan fingerprint density at radius 3 is 1.96 bits per heavy atom. The molecule has 5 aromatic rings. The summed E-state index contributed by atoms with van der Waals surface area (Å²) in [5, 5.41) is 7.80. The van der Waals surface area contributed by atoms with Gasteiger partial charge in [0.15, 0.2) is 0 Å². The second-order valence-corrected chi connectivity index (χ2v) is 11.6. The van der Waals surface area contributed by atoms with Gasteiger partial charge in [-0.1, -0.05) is 127 Å². The molecule has 1 aliphatic heterocycles. The molecule has 5 aromatic carbocycles. The number of hydrogen-bond donors (Lipinski definition) is 2. The highest BCUT2D eigenvalue weighted by Gasteiger charge is 2.37. The molecular formula is C39H35N3O4. The molecule has 1 heterocycles. The molecule has 0 saturated carbocycles. The third-order valence-corrected chi connectivity index (χ3v) is 8.69. The maximum atomic E-state index is 14.0. The van der Waals surface area contributed by atoms with E-state index in [1.165, 1.54) is 0 Å². The highest BCUT2D eigenvalue weighted by atomic mass is 16.7. The predicted octanol–water partition coefficient (Wildman–Crippen LogP) is 7.16. The average molecular weight is 610 g/mol. The number of hydroxylamine groups is 1. The second-order valence-electron chi connectivity index (χ2n) is 11.6. The third kappa shape index (κ3) is 6.23. The smallest absolute Gasteiger partial charge is 0.407 e. The minimum atomic E-state index is -0.869. The number of amides is 2. The number of rotatable bonds is 9. The summed E-state index contributed by atoms with van der Waals surface area (Å²) in [5.41, 5.74) is 7.35.